The molecule has 1 aromatic carbocycles. The van der Waals surface area contributed by atoms with Gasteiger partial charge in [-0.2, -0.15) is 5.26 Å². The Morgan fingerprint density at radius 2 is 1.91 bits per heavy atom. The third-order valence-electron chi connectivity index (χ3n) is 3.96. The molecule has 0 aromatic heterocycles. The van der Waals surface area contributed by atoms with Crippen molar-refractivity contribution in [2.45, 2.75) is 46.5 Å². The molecule has 0 radical (unpaired) electrons. The second-order valence-corrected chi connectivity index (χ2v) is 5.88. The fourth-order valence-corrected chi connectivity index (χ4v) is 2.56. The standard InChI is InChI=1S/C19H28N2O2/c1-5-21(6-2)19(22)16(14-20)10-9-13-23-18-12-8-7-11-17(18)15(3)4/h7-8,11-12,15-16H,5-6,9-10,13H2,1-4H3. The molecule has 0 bridgehead atoms. The van der Waals surface area contributed by atoms with E-state index in [2.05, 4.69) is 26.0 Å². The van der Waals surface area contributed by atoms with Crippen LogP contribution < -0.4 is 4.74 Å². The summed E-state index contributed by atoms with van der Waals surface area (Å²) in [5.41, 5.74) is 1.18. The topological polar surface area (TPSA) is 53.3 Å². The lowest BCUT2D eigenvalue weighted by molar-refractivity contribution is -0.133. The molecule has 1 aromatic rings. The van der Waals surface area contributed by atoms with Crippen LogP contribution in [-0.2, 0) is 4.79 Å². The van der Waals surface area contributed by atoms with Crippen molar-refractivity contribution < 1.29 is 9.53 Å². The monoisotopic (exact) mass is 316 g/mol. The van der Waals surface area contributed by atoms with Crippen molar-refractivity contribution in [3.05, 3.63) is 29.8 Å². The molecule has 4 nitrogen and oxygen atoms in total. The number of carbonyl (C=O) groups excluding carboxylic acids is 1. The number of hydrogen-bond acceptors (Lipinski definition) is 3. The molecule has 1 unspecified atom stereocenters. The Morgan fingerprint density at radius 1 is 1.26 bits per heavy atom. The summed E-state index contributed by atoms with van der Waals surface area (Å²) in [6.07, 6.45) is 1.23. The Bertz CT molecular complexity index is 530. The molecule has 23 heavy (non-hydrogen) atoms. The molecule has 0 spiro atoms. The summed E-state index contributed by atoms with van der Waals surface area (Å²) in [4.78, 5) is 13.9. The molecular weight excluding hydrogens is 288 g/mol. The van der Waals surface area contributed by atoms with E-state index in [1.165, 1.54) is 5.56 Å². The molecule has 1 amide bonds. The van der Waals surface area contributed by atoms with Crippen molar-refractivity contribution in [1.29, 1.82) is 5.26 Å². The summed E-state index contributed by atoms with van der Waals surface area (Å²) in [6.45, 7) is 9.95. The van der Waals surface area contributed by atoms with Crippen LogP contribution in [0.5, 0.6) is 5.75 Å². The Morgan fingerprint density at radius 3 is 2.48 bits per heavy atom. The Labute approximate surface area is 140 Å². The van der Waals surface area contributed by atoms with Gasteiger partial charge in [0.25, 0.3) is 0 Å². The molecule has 126 valence electrons. The van der Waals surface area contributed by atoms with Gasteiger partial charge in [-0.1, -0.05) is 32.0 Å². The van der Waals surface area contributed by atoms with Crippen LogP contribution in [0.2, 0.25) is 0 Å². The highest BCUT2D eigenvalue weighted by Gasteiger charge is 2.21. The summed E-state index contributed by atoms with van der Waals surface area (Å²) in [7, 11) is 0. The summed E-state index contributed by atoms with van der Waals surface area (Å²) in [5.74, 6) is 0.660. The molecule has 1 atom stereocenters. The van der Waals surface area contributed by atoms with Gasteiger partial charge in [-0.3, -0.25) is 4.79 Å². The van der Waals surface area contributed by atoms with E-state index in [9.17, 15) is 10.1 Å². The molecule has 0 saturated carbocycles. The molecule has 0 N–H and O–H groups in total. The number of nitrogens with zero attached hydrogens (tertiary/aromatic N) is 2. The molecule has 0 heterocycles. The van der Waals surface area contributed by atoms with Gasteiger partial charge in [0, 0.05) is 13.1 Å². The van der Waals surface area contributed by atoms with Gasteiger partial charge in [-0.15, -0.1) is 0 Å². The Balaban J connectivity index is 2.50. The predicted octanol–water partition coefficient (Wildman–Crippen LogP) is 3.98. The van der Waals surface area contributed by atoms with Crippen LogP contribution in [0.15, 0.2) is 24.3 Å². The van der Waals surface area contributed by atoms with E-state index < -0.39 is 5.92 Å². The minimum atomic E-state index is -0.571. The number of nitriles is 1. The van der Waals surface area contributed by atoms with Gasteiger partial charge in [0.15, 0.2) is 0 Å². The summed E-state index contributed by atoms with van der Waals surface area (Å²) in [6, 6.07) is 10.1. The highest BCUT2D eigenvalue weighted by Crippen LogP contribution is 2.26. The first-order chi connectivity index (χ1) is 11.0. The average molecular weight is 316 g/mol. The lowest BCUT2D eigenvalue weighted by Gasteiger charge is -2.21. The quantitative estimate of drug-likeness (QED) is 0.648. The summed E-state index contributed by atoms with van der Waals surface area (Å²) < 4.78 is 5.85. The van der Waals surface area contributed by atoms with E-state index in [4.69, 9.17) is 4.74 Å². The first-order valence-corrected chi connectivity index (χ1v) is 8.45. The third kappa shape index (κ3) is 5.59. The molecule has 0 aliphatic heterocycles. The van der Waals surface area contributed by atoms with E-state index in [1.807, 2.05) is 32.0 Å². The summed E-state index contributed by atoms with van der Waals surface area (Å²) in [5, 5.41) is 9.23. The van der Waals surface area contributed by atoms with Gasteiger partial charge in [-0.05, 0) is 44.2 Å². The van der Waals surface area contributed by atoms with Crippen LogP contribution in [0.25, 0.3) is 0 Å². The van der Waals surface area contributed by atoms with Gasteiger partial charge in [0.2, 0.25) is 5.91 Å². The maximum atomic E-state index is 12.2. The van der Waals surface area contributed by atoms with Crippen LogP contribution in [0.3, 0.4) is 0 Å². The molecule has 0 fully saturated rings. The van der Waals surface area contributed by atoms with Gasteiger partial charge in [0.05, 0.1) is 12.7 Å². The van der Waals surface area contributed by atoms with Crippen molar-refractivity contribution in [3.8, 4) is 11.8 Å². The predicted molar refractivity (Wildman–Crippen MR) is 92.3 cm³/mol. The van der Waals surface area contributed by atoms with Crippen molar-refractivity contribution in [2.24, 2.45) is 5.92 Å². The van der Waals surface area contributed by atoms with Crippen molar-refractivity contribution >= 4 is 5.91 Å². The normalized spacial score (nSPS) is 11.8. The van der Waals surface area contributed by atoms with Crippen molar-refractivity contribution in [3.63, 3.8) is 0 Å². The highest BCUT2D eigenvalue weighted by molar-refractivity contribution is 5.81. The molecule has 4 heteroatoms. The van der Waals surface area contributed by atoms with Crippen LogP contribution in [0.4, 0.5) is 0 Å². The van der Waals surface area contributed by atoms with Crippen molar-refractivity contribution in [2.75, 3.05) is 19.7 Å². The molecule has 0 aliphatic carbocycles. The van der Waals surface area contributed by atoms with E-state index >= 15 is 0 Å². The number of benzene rings is 1. The number of rotatable bonds is 9. The van der Waals surface area contributed by atoms with E-state index in [0.717, 1.165) is 5.75 Å². The maximum absolute atomic E-state index is 12.2. The van der Waals surface area contributed by atoms with Crippen LogP contribution >= 0.6 is 0 Å². The number of amides is 1. The van der Waals surface area contributed by atoms with Crippen LogP contribution in [-0.4, -0.2) is 30.5 Å². The van der Waals surface area contributed by atoms with E-state index in [1.54, 1.807) is 4.90 Å². The largest absolute Gasteiger partial charge is 0.493 e. The third-order valence-corrected chi connectivity index (χ3v) is 3.96. The lowest BCUT2D eigenvalue weighted by atomic mass is 10.0. The second kappa shape index (κ2) is 9.89. The number of hydrogen-bond donors (Lipinski definition) is 0. The Hall–Kier alpha value is -2.02. The second-order valence-electron chi connectivity index (χ2n) is 5.88. The first kappa shape index (κ1) is 19.0. The van der Waals surface area contributed by atoms with Gasteiger partial charge in [-0.25, -0.2) is 0 Å². The average Bonchev–Trinajstić information content (AvgIpc) is 2.56. The first-order valence-electron chi connectivity index (χ1n) is 8.45. The maximum Gasteiger partial charge on any atom is 0.239 e. The lowest BCUT2D eigenvalue weighted by Crippen LogP contribution is -2.35. The zero-order valence-corrected chi connectivity index (χ0v) is 14.7. The van der Waals surface area contributed by atoms with Crippen LogP contribution in [0.1, 0.15) is 52.0 Å². The fourth-order valence-electron chi connectivity index (χ4n) is 2.56. The highest BCUT2D eigenvalue weighted by atomic mass is 16.5. The van der Waals surface area contributed by atoms with E-state index in [0.29, 0.717) is 38.5 Å². The molecule has 1 rings (SSSR count). The fraction of sp³-hybridized carbons (Fsp3) is 0.579. The minimum Gasteiger partial charge on any atom is -0.493 e. The number of ether oxygens (including phenoxy) is 1. The number of carbonyl (C=O) groups is 1. The summed E-state index contributed by atoms with van der Waals surface area (Å²) >= 11 is 0. The van der Waals surface area contributed by atoms with Crippen LogP contribution in [0, 0.1) is 17.2 Å². The zero-order chi connectivity index (χ0) is 17.2. The number of para-hydroxylation sites is 1. The smallest absolute Gasteiger partial charge is 0.239 e. The van der Waals surface area contributed by atoms with Gasteiger partial charge < -0.3 is 9.64 Å². The van der Waals surface area contributed by atoms with Crippen molar-refractivity contribution in [1.82, 2.24) is 4.90 Å². The molecule has 0 saturated heterocycles. The van der Waals surface area contributed by atoms with E-state index in [-0.39, 0.29) is 5.91 Å². The minimum absolute atomic E-state index is 0.0694. The SMILES string of the molecule is CCN(CC)C(=O)C(C#N)CCCOc1ccccc1C(C)C. The van der Waals surface area contributed by atoms with Gasteiger partial charge in [0.1, 0.15) is 11.7 Å². The Kier molecular flexibility index (Phi) is 8.18. The van der Waals surface area contributed by atoms with Gasteiger partial charge >= 0.3 is 0 Å². The molecular formula is C19H28N2O2. The molecule has 0 aliphatic rings. The zero-order valence-electron chi connectivity index (χ0n) is 14.7.